The molecule has 1 heterocycles. The van der Waals surface area contributed by atoms with Crippen LogP contribution in [0.15, 0.2) is 30.5 Å². The molecule has 0 saturated heterocycles. The highest BCUT2D eigenvalue weighted by atomic mass is 32.2. The zero-order valence-corrected chi connectivity index (χ0v) is 12.7. The van der Waals surface area contributed by atoms with E-state index in [9.17, 15) is 8.76 Å². The zero-order valence-electron chi connectivity index (χ0n) is 11.9. The average Bonchev–Trinajstić information content (AvgIpc) is 2.74. The van der Waals surface area contributed by atoms with E-state index in [0.717, 1.165) is 23.9 Å². The molecule has 0 spiro atoms. The minimum Gasteiger partial charge on any atom is -0.750 e. The molecule has 2 aromatic rings. The van der Waals surface area contributed by atoms with E-state index < -0.39 is 17.6 Å². The highest BCUT2D eigenvalue weighted by molar-refractivity contribution is 7.74. The van der Waals surface area contributed by atoms with E-state index in [1.165, 1.54) is 5.56 Å². The maximum absolute atomic E-state index is 10.7. The van der Waals surface area contributed by atoms with Crippen LogP contribution in [0.3, 0.4) is 0 Å². The van der Waals surface area contributed by atoms with Crippen LogP contribution in [-0.2, 0) is 22.0 Å². The fraction of sp³-hybridized carbons (Fsp3) is 0.429. The van der Waals surface area contributed by atoms with Gasteiger partial charge in [-0.3, -0.25) is 4.18 Å². The van der Waals surface area contributed by atoms with Crippen molar-refractivity contribution in [2.75, 3.05) is 20.6 Å². The van der Waals surface area contributed by atoms with E-state index in [0.29, 0.717) is 0 Å². The minimum absolute atomic E-state index is 0.550. The minimum atomic E-state index is -2.52. The Morgan fingerprint density at radius 1 is 1.40 bits per heavy atom. The topological polar surface area (TPSA) is 57.5 Å². The van der Waals surface area contributed by atoms with Crippen LogP contribution in [0.5, 0.6) is 0 Å². The van der Waals surface area contributed by atoms with Gasteiger partial charge in [-0.15, -0.1) is 0 Å². The van der Waals surface area contributed by atoms with E-state index in [-0.39, 0.29) is 0 Å². The third-order valence-electron chi connectivity index (χ3n) is 3.26. The van der Waals surface area contributed by atoms with Crippen LogP contribution in [0, 0.1) is 0 Å². The van der Waals surface area contributed by atoms with Crippen molar-refractivity contribution >= 4 is 22.3 Å². The lowest BCUT2D eigenvalue weighted by Crippen LogP contribution is -2.15. The van der Waals surface area contributed by atoms with Crippen LogP contribution in [0.2, 0.25) is 0 Å². The Labute approximate surface area is 121 Å². The number of benzene rings is 1. The molecular weight excluding hydrogens is 276 g/mol. The van der Waals surface area contributed by atoms with Gasteiger partial charge in [-0.1, -0.05) is 18.2 Å². The van der Waals surface area contributed by atoms with Crippen molar-refractivity contribution in [3.05, 3.63) is 36.0 Å². The molecule has 1 aromatic carbocycles. The normalized spacial score (nSPS) is 14.8. The lowest BCUT2D eigenvalue weighted by atomic mass is 10.1. The molecule has 20 heavy (non-hydrogen) atoms. The van der Waals surface area contributed by atoms with Gasteiger partial charge in [0.15, 0.2) is 0 Å². The summed E-state index contributed by atoms with van der Waals surface area (Å²) in [6, 6.07) is 7.96. The van der Waals surface area contributed by atoms with Gasteiger partial charge in [-0.2, -0.15) is 0 Å². The smallest absolute Gasteiger partial charge is 0.146 e. The van der Waals surface area contributed by atoms with E-state index in [1.54, 1.807) is 6.92 Å². The molecule has 0 aliphatic heterocycles. The molecular formula is C14H19N2O3S-. The van der Waals surface area contributed by atoms with E-state index in [2.05, 4.69) is 11.0 Å². The number of rotatable bonds is 6. The Bertz CT molecular complexity index is 609. The van der Waals surface area contributed by atoms with Crippen molar-refractivity contribution in [2.24, 2.45) is 0 Å². The summed E-state index contributed by atoms with van der Waals surface area (Å²) in [5, 5.41) is 1.14. The van der Waals surface area contributed by atoms with Crippen LogP contribution in [0.4, 0.5) is 0 Å². The molecule has 0 saturated carbocycles. The van der Waals surface area contributed by atoms with Crippen LogP contribution >= 0.6 is 0 Å². The lowest BCUT2D eigenvalue weighted by molar-refractivity contribution is 0.159. The summed E-state index contributed by atoms with van der Waals surface area (Å²) in [5.41, 5.74) is 2.18. The molecule has 0 amide bonds. The first kappa shape index (κ1) is 15.2. The summed E-state index contributed by atoms with van der Waals surface area (Å²) in [6.45, 7) is 2.66. The SMILES string of the molecule is CC(OS(=O)[O-])n1cc(CCN(C)C)c2ccccc21. The van der Waals surface area contributed by atoms with E-state index in [4.69, 9.17) is 4.18 Å². The molecule has 0 N–H and O–H groups in total. The van der Waals surface area contributed by atoms with Crippen molar-refractivity contribution in [1.29, 1.82) is 0 Å². The van der Waals surface area contributed by atoms with Gasteiger partial charge in [0.2, 0.25) is 0 Å². The van der Waals surface area contributed by atoms with Crippen LogP contribution < -0.4 is 0 Å². The molecule has 2 unspecified atom stereocenters. The monoisotopic (exact) mass is 295 g/mol. The van der Waals surface area contributed by atoms with Crippen molar-refractivity contribution in [3.63, 3.8) is 0 Å². The summed E-state index contributed by atoms with van der Waals surface area (Å²) in [6.07, 6.45) is 2.34. The van der Waals surface area contributed by atoms with Gasteiger partial charge in [-0.05, 0) is 39.1 Å². The Balaban J connectivity index is 2.37. The second-order valence-electron chi connectivity index (χ2n) is 5.03. The third-order valence-corrected chi connectivity index (χ3v) is 3.70. The second kappa shape index (κ2) is 6.49. The second-order valence-corrected chi connectivity index (χ2v) is 5.63. The van der Waals surface area contributed by atoms with Gasteiger partial charge in [0, 0.05) is 18.1 Å². The van der Waals surface area contributed by atoms with Crippen LogP contribution in [0.1, 0.15) is 18.7 Å². The lowest BCUT2D eigenvalue weighted by Gasteiger charge is -2.16. The summed E-state index contributed by atoms with van der Waals surface area (Å²) < 4.78 is 28.1. The van der Waals surface area contributed by atoms with Crippen molar-refractivity contribution in [3.8, 4) is 0 Å². The standard InChI is InChI=1S/C14H20N2O3S/c1-11(19-20(17)18)16-10-12(8-9-15(2)3)13-6-4-5-7-14(13)16/h4-7,10-11H,8-9H2,1-3H3,(H,17,18)/p-1. The highest BCUT2D eigenvalue weighted by Crippen LogP contribution is 2.26. The first-order valence-corrected chi connectivity index (χ1v) is 7.48. The maximum atomic E-state index is 10.7. The summed E-state index contributed by atoms with van der Waals surface area (Å²) >= 11 is -2.52. The number of nitrogens with zero attached hydrogens (tertiary/aromatic N) is 2. The van der Waals surface area contributed by atoms with Gasteiger partial charge in [0.05, 0.1) is 16.9 Å². The molecule has 0 fully saturated rings. The molecule has 6 heteroatoms. The van der Waals surface area contributed by atoms with Crippen LogP contribution in [0.25, 0.3) is 10.9 Å². The Hall–Kier alpha value is -1.21. The largest absolute Gasteiger partial charge is 0.750 e. The molecule has 5 nitrogen and oxygen atoms in total. The van der Waals surface area contributed by atoms with Gasteiger partial charge in [-0.25, -0.2) is 4.21 Å². The van der Waals surface area contributed by atoms with Gasteiger partial charge >= 0.3 is 0 Å². The van der Waals surface area contributed by atoms with E-state index in [1.807, 2.05) is 43.1 Å². The highest BCUT2D eigenvalue weighted by Gasteiger charge is 2.13. The number of para-hydroxylation sites is 1. The number of fused-ring (bicyclic) bond motifs is 1. The first-order valence-electron chi connectivity index (χ1n) is 6.48. The first-order chi connectivity index (χ1) is 9.49. The molecule has 2 rings (SSSR count). The third kappa shape index (κ3) is 3.46. The molecule has 0 aliphatic rings. The van der Waals surface area contributed by atoms with Gasteiger partial charge in [0.25, 0.3) is 0 Å². The molecule has 1 aromatic heterocycles. The fourth-order valence-corrected chi connectivity index (χ4v) is 2.60. The number of hydrogen-bond acceptors (Lipinski definition) is 4. The van der Waals surface area contributed by atoms with Crippen LogP contribution in [-0.4, -0.2) is 38.9 Å². The number of likely N-dealkylation sites (N-methyl/N-ethyl adjacent to an activating group) is 1. The van der Waals surface area contributed by atoms with Crippen molar-refractivity contribution < 1.29 is 12.9 Å². The summed E-state index contributed by atoms with van der Waals surface area (Å²) in [5.74, 6) is 0. The number of aromatic nitrogens is 1. The quantitative estimate of drug-likeness (QED) is 0.766. The Kier molecular flexibility index (Phi) is 4.93. The van der Waals surface area contributed by atoms with Crippen molar-refractivity contribution in [1.82, 2.24) is 9.47 Å². The predicted molar refractivity (Wildman–Crippen MR) is 78.9 cm³/mol. The maximum Gasteiger partial charge on any atom is 0.146 e. The Morgan fingerprint density at radius 2 is 2.10 bits per heavy atom. The van der Waals surface area contributed by atoms with E-state index >= 15 is 0 Å². The zero-order chi connectivity index (χ0) is 14.7. The average molecular weight is 295 g/mol. The molecule has 0 radical (unpaired) electrons. The molecule has 110 valence electrons. The molecule has 0 aliphatic carbocycles. The number of hydrogen-bond donors (Lipinski definition) is 0. The molecule has 2 atom stereocenters. The summed E-state index contributed by atoms with van der Waals surface area (Å²) in [4.78, 5) is 2.12. The molecule has 0 bridgehead atoms. The summed E-state index contributed by atoms with van der Waals surface area (Å²) in [7, 11) is 4.07. The van der Waals surface area contributed by atoms with Crippen molar-refractivity contribution in [2.45, 2.75) is 19.6 Å². The predicted octanol–water partition coefficient (Wildman–Crippen LogP) is 2.07. The van der Waals surface area contributed by atoms with Gasteiger partial charge in [0.1, 0.15) is 6.23 Å². The van der Waals surface area contributed by atoms with Gasteiger partial charge < -0.3 is 14.0 Å². The fourth-order valence-electron chi connectivity index (χ4n) is 2.28. The Morgan fingerprint density at radius 3 is 2.75 bits per heavy atom.